The van der Waals surface area contributed by atoms with E-state index in [1.807, 2.05) is 0 Å². The summed E-state index contributed by atoms with van der Waals surface area (Å²) in [4.78, 5) is 22.3. The van der Waals surface area contributed by atoms with Gasteiger partial charge in [0.2, 0.25) is 0 Å². The molecule has 6 heteroatoms. The van der Waals surface area contributed by atoms with Crippen molar-refractivity contribution in [2.45, 2.75) is 13.3 Å². The number of hydrogen-bond donors (Lipinski definition) is 2. The molecule has 2 N–H and O–H groups in total. The zero-order chi connectivity index (χ0) is 16.4. The molecule has 0 aliphatic heterocycles. The largest absolute Gasteiger partial charge is 0.478 e. The van der Waals surface area contributed by atoms with Crippen LogP contribution in [0.25, 0.3) is 0 Å². The van der Waals surface area contributed by atoms with E-state index in [4.69, 9.17) is 5.11 Å². The van der Waals surface area contributed by atoms with Gasteiger partial charge < -0.3 is 10.2 Å². The van der Waals surface area contributed by atoms with Crippen molar-refractivity contribution in [3.05, 3.63) is 69.8 Å². The van der Waals surface area contributed by atoms with Gasteiger partial charge in [0.1, 0.15) is 11.6 Å². The summed E-state index contributed by atoms with van der Waals surface area (Å²) in [5.74, 6) is -4.18. The molecule has 0 amide bonds. The van der Waals surface area contributed by atoms with Gasteiger partial charge in [-0.15, -0.1) is 0 Å². The van der Waals surface area contributed by atoms with Crippen LogP contribution in [-0.2, 0) is 6.42 Å². The lowest BCUT2D eigenvalue weighted by molar-refractivity contribution is 0.0695. The number of benzene rings is 2. The van der Waals surface area contributed by atoms with Crippen molar-refractivity contribution in [2.75, 3.05) is 0 Å². The molecule has 2 aromatic rings. The molecule has 0 saturated carbocycles. The molecule has 114 valence electrons. The minimum absolute atomic E-state index is 0.182. The zero-order valence-corrected chi connectivity index (χ0v) is 11.6. The first kappa shape index (κ1) is 15.6. The highest BCUT2D eigenvalue weighted by Gasteiger charge is 2.19. The second-order valence-corrected chi connectivity index (χ2v) is 4.81. The normalized spacial score (nSPS) is 10.5. The molecule has 0 radical (unpaired) electrons. The second-order valence-electron chi connectivity index (χ2n) is 4.81. The Kier molecular flexibility index (Phi) is 4.21. The number of hydrogen-bond acceptors (Lipinski definition) is 2. The van der Waals surface area contributed by atoms with Gasteiger partial charge in [0, 0.05) is 12.0 Å². The van der Waals surface area contributed by atoms with Crippen LogP contribution in [0.1, 0.15) is 37.4 Å². The Morgan fingerprint density at radius 2 is 1.59 bits per heavy atom. The maximum atomic E-state index is 13.7. The molecule has 22 heavy (non-hydrogen) atoms. The monoisotopic (exact) mass is 306 g/mol. The molecular weight excluding hydrogens is 294 g/mol. The van der Waals surface area contributed by atoms with E-state index in [0.29, 0.717) is 5.56 Å². The van der Waals surface area contributed by atoms with Crippen molar-refractivity contribution in [1.29, 1.82) is 0 Å². The van der Waals surface area contributed by atoms with E-state index in [-0.39, 0.29) is 28.7 Å². The van der Waals surface area contributed by atoms with Gasteiger partial charge in [-0.05, 0) is 42.3 Å². The van der Waals surface area contributed by atoms with E-state index in [0.717, 1.165) is 18.2 Å². The van der Waals surface area contributed by atoms with E-state index in [1.54, 1.807) is 0 Å². The number of carbonyl (C=O) groups is 2. The van der Waals surface area contributed by atoms with Gasteiger partial charge in [0.05, 0.1) is 11.1 Å². The maximum absolute atomic E-state index is 13.7. The van der Waals surface area contributed by atoms with Crippen LogP contribution in [0.5, 0.6) is 0 Å². The van der Waals surface area contributed by atoms with Crippen LogP contribution in [0.2, 0.25) is 0 Å². The van der Waals surface area contributed by atoms with Crippen molar-refractivity contribution in [3.63, 3.8) is 0 Å². The minimum Gasteiger partial charge on any atom is -0.478 e. The van der Waals surface area contributed by atoms with E-state index < -0.39 is 23.6 Å². The Balaban J connectivity index is 2.60. The fourth-order valence-corrected chi connectivity index (χ4v) is 2.24. The summed E-state index contributed by atoms with van der Waals surface area (Å²) < 4.78 is 27.5. The van der Waals surface area contributed by atoms with Gasteiger partial charge in [-0.3, -0.25) is 0 Å². The third-order valence-corrected chi connectivity index (χ3v) is 3.37. The van der Waals surface area contributed by atoms with Crippen LogP contribution in [0, 0.1) is 18.6 Å². The van der Waals surface area contributed by atoms with Gasteiger partial charge in [-0.2, -0.15) is 0 Å². The first-order valence-corrected chi connectivity index (χ1v) is 6.34. The summed E-state index contributed by atoms with van der Waals surface area (Å²) in [7, 11) is 0. The third kappa shape index (κ3) is 2.95. The molecular formula is C16H12F2O4. The van der Waals surface area contributed by atoms with Crippen molar-refractivity contribution in [1.82, 2.24) is 0 Å². The summed E-state index contributed by atoms with van der Waals surface area (Å²) >= 11 is 0. The van der Waals surface area contributed by atoms with Crippen LogP contribution in [0.3, 0.4) is 0 Å². The molecule has 0 fully saturated rings. The SMILES string of the molecule is Cc1cc(C(=O)O)cc(C(=O)O)c1Cc1c(F)cccc1F. The fraction of sp³-hybridized carbons (Fsp3) is 0.125. The molecule has 0 saturated heterocycles. The van der Waals surface area contributed by atoms with Crippen LogP contribution in [0.15, 0.2) is 30.3 Å². The lowest BCUT2D eigenvalue weighted by atomic mass is 9.92. The minimum atomic E-state index is -1.35. The predicted molar refractivity (Wildman–Crippen MR) is 74.3 cm³/mol. The zero-order valence-electron chi connectivity index (χ0n) is 11.6. The first-order chi connectivity index (χ1) is 10.3. The average molecular weight is 306 g/mol. The number of rotatable bonds is 4. The molecule has 2 rings (SSSR count). The van der Waals surface area contributed by atoms with E-state index in [2.05, 4.69) is 0 Å². The van der Waals surface area contributed by atoms with E-state index in [1.165, 1.54) is 19.1 Å². The fourth-order valence-electron chi connectivity index (χ4n) is 2.24. The molecule has 0 aromatic heterocycles. The van der Waals surface area contributed by atoms with Gasteiger partial charge in [-0.25, -0.2) is 18.4 Å². The number of carboxylic acid groups (broad SMARTS) is 2. The molecule has 0 aliphatic carbocycles. The topological polar surface area (TPSA) is 74.6 Å². The lowest BCUT2D eigenvalue weighted by Crippen LogP contribution is -2.10. The maximum Gasteiger partial charge on any atom is 0.336 e. The van der Waals surface area contributed by atoms with Crippen molar-refractivity contribution >= 4 is 11.9 Å². The molecule has 0 aliphatic rings. The highest BCUT2D eigenvalue weighted by molar-refractivity contribution is 5.95. The van der Waals surface area contributed by atoms with Gasteiger partial charge in [0.15, 0.2) is 0 Å². The standard InChI is InChI=1S/C16H12F2O4/c1-8-5-9(15(19)20)6-11(16(21)22)10(8)7-12-13(17)3-2-4-14(12)18/h2-6H,7H2,1H3,(H,19,20)(H,21,22). The number of aromatic carboxylic acids is 2. The quantitative estimate of drug-likeness (QED) is 0.909. The number of carboxylic acids is 2. The summed E-state index contributed by atoms with van der Waals surface area (Å²) in [6.45, 7) is 1.51. The second kappa shape index (κ2) is 5.93. The Morgan fingerprint density at radius 1 is 1.00 bits per heavy atom. The molecule has 0 atom stereocenters. The Labute approximate surface area is 124 Å². The smallest absolute Gasteiger partial charge is 0.336 e. The summed E-state index contributed by atoms with van der Waals surface area (Å²) in [6.07, 6.45) is -0.272. The number of aryl methyl sites for hydroxylation is 1. The average Bonchev–Trinajstić information content (AvgIpc) is 2.43. The molecule has 0 bridgehead atoms. The van der Waals surface area contributed by atoms with Crippen LogP contribution >= 0.6 is 0 Å². The van der Waals surface area contributed by atoms with E-state index >= 15 is 0 Å². The van der Waals surface area contributed by atoms with Crippen LogP contribution in [-0.4, -0.2) is 22.2 Å². The van der Waals surface area contributed by atoms with Crippen molar-refractivity contribution in [2.24, 2.45) is 0 Å². The van der Waals surface area contributed by atoms with Crippen LogP contribution in [0.4, 0.5) is 8.78 Å². The Bertz CT molecular complexity index is 749. The summed E-state index contributed by atoms with van der Waals surface area (Å²) in [6, 6.07) is 5.65. The Morgan fingerprint density at radius 3 is 2.09 bits per heavy atom. The van der Waals surface area contributed by atoms with Crippen molar-refractivity contribution < 1.29 is 28.6 Å². The molecule has 2 aromatic carbocycles. The van der Waals surface area contributed by atoms with Crippen LogP contribution < -0.4 is 0 Å². The predicted octanol–water partition coefficient (Wildman–Crippen LogP) is 3.26. The van der Waals surface area contributed by atoms with Gasteiger partial charge in [-0.1, -0.05) is 6.07 Å². The highest BCUT2D eigenvalue weighted by Crippen LogP contribution is 2.24. The molecule has 0 unspecified atom stereocenters. The van der Waals surface area contributed by atoms with Crippen molar-refractivity contribution in [3.8, 4) is 0 Å². The Hall–Kier alpha value is -2.76. The third-order valence-electron chi connectivity index (χ3n) is 3.37. The van der Waals surface area contributed by atoms with Gasteiger partial charge in [0.25, 0.3) is 0 Å². The molecule has 0 heterocycles. The molecule has 4 nitrogen and oxygen atoms in total. The van der Waals surface area contributed by atoms with Gasteiger partial charge >= 0.3 is 11.9 Å². The summed E-state index contributed by atoms with van der Waals surface area (Å²) in [5, 5.41) is 18.2. The molecule has 0 spiro atoms. The summed E-state index contributed by atoms with van der Waals surface area (Å²) in [5.41, 5.74) is -0.190. The first-order valence-electron chi connectivity index (χ1n) is 6.34. The lowest BCUT2D eigenvalue weighted by Gasteiger charge is -2.12. The number of halogens is 2. The highest BCUT2D eigenvalue weighted by atomic mass is 19.1. The van der Waals surface area contributed by atoms with E-state index in [9.17, 15) is 23.5 Å².